The Labute approximate surface area is 117 Å². The van der Waals surface area contributed by atoms with Crippen LogP contribution in [0.2, 0.25) is 0 Å². The lowest BCUT2D eigenvalue weighted by Crippen LogP contribution is -2.23. The number of rotatable bonds is 5. The molecule has 4 heteroatoms. The standard InChI is InChI=1S/C15H18N2OS/c1-11-5-3-4-6-13(11)7-8-15(18)16-9-14-10-19-12(2)17-14/h3-6,10H,7-9H2,1-2H3,(H,16,18). The van der Waals surface area contributed by atoms with Crippen molar-refractivity contribution in [2.24, 2.45) is 0 Å². The number of aromatic nitrogens is 1. The van der Waals surface area contributed by atoms with Gasteiger partial charge in [0.1, 0.15) is 0 Å². The number of carbonyl (C=O) groups is 1. The first-order chi connectivity index (χ1) is 9.15. The van der Waals surface area contributed by atoms with Crippen molar-refractivity contribution in [3.63, 3.8) is 0 Å². The molecule has 0 aliphatic rings. The fraction of sp³-hybridized carbons (Fsp3) is 0.333. The molecule has 19 heavy (non-hydrogen) atoms. The van der Waals surface area contributed by atoms with E-state index in [2.05, 4.69) is 29.4 Å². The summed E-state index contributed by atoms with van der Waals surface area (Å²) in [7, 11) is 0. The molecule has 100 valence electrons. The van der Waals surface area contributed by atoms with Gasteiger partial charge in [0, 0.05) is 11.8 Å². The second-order valence-corrected chi connectivity index (χ2v) is 5.62. The highest BCUT2D eigenvalue weighted by Gasteiger charge is 2.05. The molecule has 0 aliphatic heterocycles. The number of nitrogens with zero attached hydrogens (tertiary/aromatic N) is 1. The van der Waals surface area contributed by atoms with Gasteiger partial charge in [0.15, 0.2) is 0 Å². The van der Waals surface area contributed by atoms with Crippen molar-refractivity contribution in [1.82, 2.24) is 10.3 Å². The Morgan fingerprint density at radius 3 is 2.79 bits per heavy atom. The second kappa shape index (κ2) is 6.48. The Hall–Kier alpha value is -1.68. The van der Waals surface area contributed by atoms with Gasteiger partial charge in [0.2, 0.25) is 5.91 Å². The number of hydrogen-bond acceptors (Lipinski definition) is 3. The van der Waals surface area contributed by atoms with E-state index in [1.807, 2.05) is 24.4 Å². The molecule has 0 radical (unpaired) electrons. The van der Waals surface area contributed by atoms with Crippen molar-refractivity contribution in [1.29, 1.82) is 0 Å². The number of carbonyl (C=O) groups excluding carboxylic acids is 1. The van der Waals surface area contributed by atoms with E-state index in [1.54, 1.807) is 11.3 Å². The fourth-order valence-electron chi connectivity index (χ4n) is 1.91. The van der Waals surface area contributed by atoms with Crippen LogP contribution >= 0.6 is 11.3 Å². The lowest BCUT2D eigenvalue weighted by Gasteiger charge is -2.06. The monoisotopic (exact) mass is 274 g/mol. The predicted molar refractivity (Wildman–Crippen MR) is 78.2 cm³/mol. The molecule has 1 aromatic carbocycles. The van der Waals surface area contributed by atoms with Crippen molar-refractivity contribution >= 4 is 17.2 Å². The molecular weight excluding hydrogens is 256 g/mol. The summed E-state index contributed by atoms with van der Waals surface area (Å²) in [5.74, 6) is 0.0777. The Morgan fingerprint density at radius 2 is 2.11 bits per heavy atom. The Kier molecular flexibility index (Phi) is 4.68. The predicted octanol–water partition coefficient (Wildman–Crippen LogP) is 3.01. The molecule has 0 spiro atoms. The van der Waals surface area contributed by atoms with Gasteiger partial charge >= 0.3 is 0 Å². The van der Waals surface area contributed by atoms with Crippen LogP contribution in [0.4, 0.5) is 0 Å². The zero-order valence-corrected chi connectivity index (χ0v) is 12.1. The first-order valence-electron chi connectivity index (χ1n) is 6.37. The highest BCUT2D eigenvalue weighted by molar-refractivity contribution is 7.09. The van der Waals surface area contributed by atoms with E-state index in [9.17, 15) is 4.79 Å². The number of nitrogens with one attached hydrogen (secondary N) is 1. The molecule has 0 atom stereocenters. The van der Waals surface area contributed by atoms with E-state index in [1.165, 1.54) is 11.1 Å². The number of thiazole rings is 1. The van der Waals surface area contributed by atoms with Crippen LogP contribution in [-0.4, -0.2) is 10.9 Å². The third-order valence-corrected chi connectivity index (χ3v) is 3.84. The number of hydrogen-bond donors (Lipinski definition) is 1. The van der Waals surface area contributed by atoms with Gasteiger partial charge in [-0.25, -0.2) is 4.98 Å². The summed E-state index contributed by atoms with van der Waals surface area (Å²) in [6, 6.07) is 8.18. The largest absolute Gasteiger partial charge is 0.350 e. The van der Waals surface area contributed by atoms with E-state index in [4.69, 9.17) is 0 Å². The lowest BCUT2D eigenvalue weighted by molar-refractivity contribution is -0.121. The Balaban J connectivity index is 1.77. The molecule has 2 aromatic rings. The average Bonchev–Trinajstić information content (AvgIpc) is 2.81. The first-order valence-corrected chi connectivity index (χ1v) is 7.25. The van der Waals surface area contributed by atoms with E-state index < -0.39 is 0 Å². The molecular formula is C15H18N2OS. The molecule has 1 heterocycles. The van der Waals surface area contributed by atoms with Crippen molar-refractivity contribution in [2.45, 2.75) is 33.2 Å². The Morgan fingerprint density at radius 1 is 1.32 bits per heavy atom. The summed E-state index contributed by atoms with van der Waals surface area (Å²) >= 11 is 1.61. The number of aryl methyl sites for hydroxylation is 3. The van der Waals surface area contributed by atoms with Crippen LogP contribution in [0.3, 0.4) is 0 Å². The molecule has 0 saturated heterocycles. The van der Waals surface area contributed by atoms with Crippen molar-refractivity contribution in [2.75, 3.05) is 0 Å². The maximum Gasteiger partial charge on any atom is 0.220 e. The van der Waals surface area contributed by atoms with Crippen LogP contribution < -0.4 is 5.32 Å². The van der Waals surface area contributed by atoms with Gasteiger partial charge in [-0.3, -0.25) is 4.79 Å². The molecule has 0 fully saturated rings. The smallest absolute Gasteiger partial charge is 0.220 e. The zero-order valence-electron chi connectivity index (χ0n) is 11.3. The highest BCUT2D eigenvalue weighted by atomic mass is 32.1. The topological polar surface area (TPSA) is 42.0 Å². The summed E-state index contributed by atoms with van der Waals surface area (Å²) in [5.41, 5.74) is 3.42. The lowest BCUT2D eigenvalue weighted by atomic mass is 10.0. The zero-order chi connectivity index (χ0) is 13.7. The van der Waals surface area contributed by atoms with Gasteiger partial charge in [0.05, 0.1) is 17.2 Å². The van der Waals surface area contributed by atoms with Gasteiger partial charge in [-0.05, 0) is 31.4 Å². The van der Waals surface area contributed by atoms with Gasteiger partial charge in [-0.1, -0.05) is 24.3 Å². The molecule has 0 bridgehead atoms. The minimum atomic E-state index is 0.0777. The average molecular weight is 274 g/mol. The van der Waals surface area contributed by atoms with Crippen LogP contribution in [0.1, 0.15) is 28.2 Å². The third kappa shape index (κ3) is 4.17. The van der Waals surface area contributed by atoms with Gasteiger partial charge in [0.25, 0.3) is 0 Å². The molecule has 1 N–H and O–H groups in total. The minimum Gasteiger partial charge on any atom is -0.350 e. The van der Waals surface area contributed by atoms with Crippen LogP contribution in [-0.2, 0) is 17.8 Å². The van der Waals surface area contributed by atoms with E-state index >= 15 is 0 Å². The number of amides is 1. The maximum absolute atomic E-state index is 11.8. The quantitative estimate of drug-likeness (QED) is 0.910. The molecule has 2 rings (SSSR count). The number of benzene rings is 1. The maximum atomic E-state index is 11.8. The van der Waals surface area contributed by atoms with Crippen molar-refractivity contribution < 1.29 is 4.79 Å². The van der Waals surface area contributed by atoms with E-state index in [-0.39, 0.29) is 5.91 Å². The molecule has 3 nitrogen and oxygen atoms in total. The molecule has 0 saturated carbocycles. The Bertz CT molecular complexity index is 563. The van der Waals surface area contributed by atoms with Crippen LogP contribution in [0.25, 0.3) is 0 Å². The SMILES string of the molecule is Cc1nc(CNC(=O)CCc2ccccc2C)cs1. The summed E-state index contributed by atoms with van der Waals surface area (Å²) < 4.78 is 0. The van der Waals surface area contributed by atoms with Crippen LogP contribution in [0, 0.1) is 13.8 Å². The van der Waals surface area contributed by atoms with E-state index in [0.29, 0.717) is 13.0 Å². The fourth-order valence-corrected chi connectivity index (χ4v) is 2.52. The van der Waals surface area contributed by atoms with Crippen molar-refractivity contribution in [3.05, 3.63) is 51.5 Å². The summed E-state index contributed by atoms with van der Waals surface area (Å²) in [5, 5.41) is 5.92. The van der Waals surface area contributed by atoms with E-state index in [0.717, 1.165) is 17.1 Å². The van der Waals surface area contributed by atoms with Gasteiger partial charge in [-0.15, -0.1) is 11.3 Å². The minimum absolute atomic E-state index is 0.0777. The summed E-state index contributed by atoms with van der Waals surface area (Å²) in [4.78, 5) is 16.1. The van der Waals surface area contributed by atoms with Gasteiger partial charge in [-0.2, -0.15) is 0 Å². The van der Waals surface area contributed by atoms with Crippen LogP contribution in [0.5, 0.6) is 0 Å². The second-order valence-electron chi connectivity index (χ2n) is 4.56. The third-order valence-electron chi connectivity index (χ3n) is 3.02. The highest BCUT2D eigenvalue weighted by Crippen LogP contribution is 2.10. The van der Waals surface area contributed by atoms with Crippen molar-refractivity contribution in [3.8, 4) is 0 Å². The summed E-state index contributed by atoms with van der Waals surface area (Å²) in [6.45, 7) is 4.57. The molecule has 1 aromatic heterocycles. The first kappa shape index (κ1) is 13.7. The van der Waals surface area contributed by atoms with Gasteiger partial charge < -0.3 is 5.32 Å². The normalized spacial score (nSPS) is 10.4. The van der Waals surface area contributed by atoms with Crippen LogP contribution in [0.15, 0.2) is 29.6 Å². The molecule has 0 unspecified atom stereocenters. The molecule has 1 amide bonds. The summed E-state index contributed by atoms with van der Waals surface area (Å²) in [6.07, 6.45) is 1.31. The molecule has 0 aliphatic carbocycles.